The molecule has 4 aromatic rings. The predicted octanol–water partition coefficient (Wildman–Crippen LogP) is 5.47. The molecule has 1 atom stereocenters. The third kappa shape index (κ3) is 11.0. The van der Waals surface area contributed by atoms with Crippen molar-refractivity contribution in [1.29, 1.82) is 5.26 Å². The molecule has 1 unspecified atom stereocenters. The maximum atomic E-state index is 13.6. The van der Waals surface area contributed by atoms with E-state index < -0.39 is 23.2 Å². The first-order valence-corrected chi connectivity index (χ1v) is 16.9. The number of hydrogen-bond acceptors (Lipinski definition) is 20. The number of azo groups is 1. The van der Waals surface area contributed by atoms with Gasteiger partial charge in [0.15, 0.2) is 11.6 Å². The number of aryl methyl sites for hydroxylation is 1. The van der Waals surface area contributed by atoms with Gasteiger partial charge in [0.25, 0.3) is 0 Å². The van der Waals surface area contributed by atoms with Crippen molar-refractivity contribution < 1.29 is 50.2 Å². The van der Waals surface area contributed by atoms with Gasteiger partial charge >= 0.3 is 5.69 Å². The second-order valence-electron chi connectivity index (χ2n) is 12.5. The number of aromatic nitrogens is 3. The van der Waals surface area contributed by atoms with Gasteiger partial charge in [-0.3, -0.25) is 41.0 Å². The SMILES string of the molecule is CC1=C(C#N)C(=O)C(CCNc2nc(Nc3ccc(N=Nc4cc(COO)cc(COO)c4)c(C)c3)[nH]c(=O)n2)C(=O)C1=NNc1cc(COO)cc(COO)c1. The number of benzene rings is 3. The molecule has 1 aliphatic carbocycles. The number of carbonyl (C=O) groups excluding carboxylic acids is 2. The number of allylic oxidation sites excluding steroid dienone is 2. The van der Waals surface area contributed by atoms with Crippen LogP contribution in [0.3, 0.4) is 0 Å². The zero-order chi connectivity index (χ0) is 40.9. The van der Waals surface area contributed by atoms with E-state index in [2.05, 4.69) is 65.9 Å². The van der Waals surface area contributed by atoms with Gasteiger partial charge in [-0.05, 0) is 90.6 Å². The molecule has 21 heteroatoms. The summed E-state index contributed by atoms with van der Waals surface area (Å²) >= 11 is 0. The van der Waals surface area contributed by atoms with Gasteiger partial charge in [0, 0.05) is 17.8 Å². The van der Waals surface area contributed by atoms with Gasteiger partial charge in [-0.1, -0.05) is 12.1 Å². The van der Waals surface area contributed by atoms with Crippen LogP contribution in [0, 0.1) is 24.2 Å². The Morgan fingerprint density at radius 3 is 1.98 bits per heavy atom. The minimum atomic E-state index is -1.28. The summed E-state index contributed by atoms with van der Waals surface area (Å²) in [5, 5.41) is 63.8. The highest BCUT2D eigenvalue weighted by molar-refractivity contribution is 6.53. The molecule has 0 saturated carbocycles. The van der Waals surface area contributed by atoms with Gasteiger partial charge in [0.1, 0.15) is 43.8 Å². The van der Waals surface area contributed by atoms with Crippen LogP contribution in [0.5, 0.6) is 0 Å². The van der Waals surface area contributed by atoms with E-state index in [0.717, 1.165) is 0 Å². The first-order valence-electron chi connectivity index (χ1n) is 16.9. The number of rotatable bonds is 18. The number of nitriles is 1. The summed E-state index contributed by atoms with van der Waals surface area (Å²) in [6.45, 7) is 2.60. The molecule has 0 spiro atoms. The number of Topliss-reactive ketones (excluding diaryl/α,β-unsaturated/α-hetero) is 2. The van der Waals surface area contributed by atoms with Crippen molar-refractivity contribution in [2.24, 2.45) is 21.2 Å². The smallest absolute Gasteiger partial charge is 0.351 e. The number of anilines is 4. The summed E-state index contributed by atoms with van der Waals surface area (Å²) in [6.07, 6.45) is -0.0966. The standard InChI is InChI=1S/C36H36N10O11/c1-19-7-25(3-4-30(19)45-43-26-10-21(15-54-50)8-22(11-26)16-55-51)39-35-40-34(41-36(49)42-35)38-6-5-28-32(47)29(14-37)20(2)31(33(28)48)46-44-27-12-23(17-56-52)9-24(13-27)18-57-53/h3-4,7-13,28,44,50-53H,5-6,15-18H2,1-2H3,(H3,38,39,40,41,42,49). The highest BCUT2D eigenvalue weighted by atomic mass is 17.1. The quantitative estimate of drug-likeness (QED) is 0.0268. The maximum Gasteiger partial charge on any atom is 0.351 e. The average molecular weight is 785 g/mol. The Morgan fingerprint density at radius 2 is 1.40 bits per heavy atom. The predicted molar refractivity (Wildman–Crippen MR) is 200 cm³/mol. The van der Waals surface area contributed by atoms with Gasteiger partial charge < -0.3 is 10.6 Å². The normalized spacial score (nSPS) is 15.0. The van der Waals surface area contributed by atoms with Crippen molar-refractivity contribution in [3.05, 3.63) is 104 Å². The Bertz CT molecular complexity index is 2270. The molecule has 1 aromatic heterocycles. The molecule has 0 saturated heterocycles. The zero-order valence-electron chi connectivity index (χ0n) is 30.3. The van der Waals surface area contributed by atoms with Crippen LogP contribution < -0.4 is 21.7 Å². The molecular weight excluding hydrogens is 748 g/mol. The van der Waals surface area contributed by atoms with Crippen molar-refractivity contribution >= 4 is 51.9 Å². The van der Waals surface area contributed by atoms with Gasteiger partial charge in [0.2, 0.25) is 11.9 Å². The minimum absolute atomic E-state index is 0.0341. The highest BCUT2D eigenvalue weighted by Gasteiger charge is 2.39. The largest absolute Gasteiger partial charge is 0.354 e. The lowest BCUT2D eigenvalue weighted by Crippen LogP contribution is -2.39. The average Bonchev–Trinajstić information content (AvgIpc) is 3.16. The summed E-state index contributed by atoms with van der Waals surface area (Å²) in [5.41, 5.74) is 6.35. The third-order valence-electron chi connectivity index (χ3n) is 8.37. The summed E-state index contributed by atoms with van der Waals surface area (Å²) in [6, 6.07) is 16.6. The summed E-state index contributed by atoms with van der Waals surface area (Å²) in [5.74, 6) is -2.67. The number of carbonyl (C=O) groups is 2. The van der Waals surface area contributed by atoms with E-state index >= 15 is 0 Å². The number of H-pyrrole nitrogens is 1. The van der Waals surface area contributed by atoms with Crippen LogP contribution in [0.25, 0.3) is 0 Å². The molecule has 1 aliphatic rings. The number of nitrogens with zero attached hydrogens (tertiary/aromatic N) is 6. The Morgan fingerprint density at radius 1 is 0.789 bits per heavy atom. The fraction of sp³-hybridized carbons (Fsp3) is 0.250. The van der Waals surface area contributed by atoms with Crippen LogP contribution in [-0.2, 0) is 55.6 Å². The van der Waals surface area contributed by atoms with Crippen LogP contribution in [-0.4, -0.2) is 59.8 Å². The van der Waals surface area contributed by atoms with Gasteiger partial charge in [-0.25, -0.2) is 24.3 Å². The molecule has 5 rings (SSSR count). The Labute approximate surface area is 322 Å². The Balaban J connectivity index is 1.25. The number of hydrazone groups is 1. The lowest BCUT2D eigenvalue weighted by atomic mass is 9.79. The number of aromatic amines is 1. The van der Waals surface area contributed by atoms with Gasteiger partial charge in [0.05, 0.1) is 23.0 Å². The first-order chi connectivity index (χ1) is 27.5. The summed E-state index contributed by atoms with van der Waals surface area (Å²) < 4.78 is 0. The number of nitrogens with one attached hydrogen (secondary N) is 4. The third-order valence-corrected chi connectivity index (χ3v) is 8.37. The number of hydrogen-bond donors (Lipinski definition) is 8. The van der Waals surface area contributed by atoms with E-state index in [1.807, 2.05) is 6.07 Å². The molecule has 0 bridgehead atoms. The van der Waals surface area contributed by atoms with Gasteiger partial charge in [-0.2, -0.15) is 30.6 Å². The topological polar surface area (TPSA) is 308 Å². The zero-order valence-corrected chi connectivity index (χ0v) is 30.3. The van der Waals surface area contributed by atoms with Crippen LogP contribution >= 0.6 is 0 Å². The van der Waals surface area contributed by atoms with E-state index in [1.165, 1.54) is 6.92 Å². The van der Waals surface area contributed by atoms with Crippen molar-refractivity contribution in [2.45, 2.75) is 46.7 Å². The monoisotopic (exact) mass is 784 g/mol. The number of ketones is 2. The van der Waals surface area contributed by atoms with Crippen LogP contribution in [0.15, 0.2) is 85.9 Å². The molecule has 1 heterocycles. The lowest BCUT2D eigenvalue weighted by molar-refractivity contribution is -0.254. The van der Waals surface area contributed by atoms with E-state index in [4.69, 9.17) is 21.0 Å². The highest BCUT2D eigenvalue weighted by Crippen LogP contribution is 2.28. The minimum Gasteiger partial charge on any atom is -0.354 e. The van der Waals surface area contributed by atoms with E-state index in [9.17, 15) is 19.6 Å². The molecule has 0 fully saturated rings. The van der Waals surface area contributed by atoms with E-state index in [1.54, 1.807) is 61.5 Å². The summed E-state index contributed by atoms with van der Waals surface area (Å²) in [7, 11) is 0. The second kappa shape index (κ2) is 19.8. The van der Waals surface area contributed by atoms with Crippen LogP contribution in [0.4, 0.5) is 34.6 Å². The molecule has 0 aliphatic heterocycles. The molecule has 8 N–H and O–H groups in total. The van der Waals surface area contributed by atoms with Crippen molar-refractivity contribution in [3.8, 4) is 6.07 Å². The van der Waals surface area contributed by atoms with E-state index in [-0.39, 0.29) is 68.1 Å². The fourth-order valence-corrected chi connectivity index (χ4v) is 5.81. The molecule has 0 radical (unpaired) electrons. The van der Waals surface area contributed by atoms with Crippen molar-refractivity contribution in [3.63, 3.8) is 0 Å². The van der Waals surface area contributed by atoms with Crippen LogP contribution in [0.1, 0.15) is 41.2 Å². The molecule has 21 nitrogen and oxygen atoms in total. The first kappa shape index (κ1) is 41.6. The van der Waals surface area contributed by atoms with Gasteiger partial charge in [-0.15, -0.1) is 0 Å². The molecule has 57 heavy (non-hydrogen) atoms. The Kier molecular flexibility index (Phi) is 14.4. The molecule has 0 amide bonds. The van der Waals surface area contributed by atoms with E-state index in [0.29, 0.717) is 50.6 Å². The fourth-order valence-electron chi connectivity index (χ4n) is 5.81. The lowest BCUT2D eigenvalue weighted by Gasteiger charge is -2.22. The van der Waals surface area contributed by atoms with Crippen LogP contribution in [0.2, 0.25) is 0 Å². The molecule has 3 aromatic carbocycles. The van der Waals surface area contributed by atoms with Crippen molar-refractivity contribution in [1.82, 2.24) is 15.0 Å². The Hall–Kier alpha value is -6.61. The second-order valence-corrected chi connectivity index (χ2v) is 12.5. The maximum absolute atomic E-state index is 13.6. The molecular formula is C36H36N10O11. The summed E-state index contributed by atoms with van der Waals surface area (Å²) in [4.78, 5) is 66.6. The van der Waals surface area contributed by atoms with Crippen molar-refractivity contribution in [2.75, 3.05) is 22.6 Å². The molecule has 296 valence electrons.